The molecular formula is C10H16N4OS. The fourth-order valence-electron chi connectivity index (χ4n) is 2.02. The van der Waals surface area contributed by atoms with Gasteiger partial charge < -0.3 is 11.1 Å². The predicted octanol–water partition coefficient (Wildman–Crippen LogP) is 1.30. The third-order valence-corrected chi connectivity index (χ3v) is 3.60. The largest absolute Gasteiger partial charge is 0.328 e. The zero-order valence-electron chi connectivity index (χ0n) is 9.27. The third-order valence-electron chi connectivity index (χ3n) is 2.84. The Morgan fingerprint density at radius 2 is 2.31 bits per heavy atom. The molecule has 1 aliphatic carbocycles. The summed E-state index contributed by atoms with van der Waals surface area (Å²) in [6, 6.07) is 0.167. The number of rotatable bonds is 2. The molecule has 1 aromatic rings. The average Bonchev–Trinajstić information content (AvgIpc) is 2.64. The molecule has 3 N–H and O–H groups in total. The van der Waals surface area contributed by atoms with Gasteiger partial charge in [0, 0.05) is 12.0 Å². The number of nitrogens with one attached hydrogen (secondary N) is 1. The lowest BCUT2D eigenvalue weighted by molar-refractivity contribution is -0.120. The molecule has 0 radical (unpaired) electrons. The van der Waals surface area contributed by atoms with Crippen molar-refractivity contribution in [3.63, 3.8) is 0 Å². The molecule has 1 aromatic heterocycles. The highest BCUT2D eigenvalue weighted by molar-refractivity contribution is 7.15. The highest BCUT2D eigenvalue weighted by Gasteiger charge is 2.25. The second-order valence-corrected chi connectivity index (χ2v) is 5.42. The Morgan fingerprint density at radius 1 is 1.50 bits per heavy atom. The predicted molar refractivity (Wildman–Crippen MR) is 63.2 cm³/mol. The number of aromatic nitrogens is 2. The fraction of sp³-hybridized carbons (Fsp3) is 0.700. The molecule has 16 heavy (non-hydrogen) atoms. The summed E-state index contributed by atoms with van der Waals surface area (Å²) < 4.78 is 0. The van der Waals surface area contributed by atoms with Crippen molar-refractivity contribution in [2.75, 3.05) is 5.32 Å². The summed E-state index contributed by atoms with van der Waals surface area (Å²) in [5.41, 5.74) is 5.86. The van der Waals surface area contributed by atoms with E-state index in [9.17, 15) is 4.79 Å². The Bertz CT molecular complexity index is 379. The summed E-state index contributed by atoms with van der Waals surface area (Å²) in [5, 5.41) is 12.0. The molecule has 5 nitrogen and oxygen atoms in total. The molecule has 2 rings (SSSR count). The van der Waals surface area contributed by atoms with Crippen molar-refractivity contribution in [3.8, 4) is 0 Å². The molecule has 0 aromatic carbocycles. The van der Waals surface area contributed by atoms with Gasteiger partial charge in [-0.05, 0) is 26.2 Å². The van der Waals surface area contributed by atoms with Gasteiger partial charge in [0.05, 0.1) is 0 Å². The van der Waals surface area contributed by atoms with E-state index in [4.69, 9.17) is 5.73 Å². The van der Waals surface area contributed by atoms with Crippen LogP contribution in [0.4, 0.5) is 5.13 Å². The summed E-state index contributed by atoms with van der Waals surface area (Å²) >= 11 is 1.40. The lowest BCUT2D eigenvalue weighted by Crippen LogP contribution is -2.34. The zero-order chi connectivity index (χ0) is 11.5. The molecule has 1 saturated carbocycles. The van der Waals surface area contributed by atoms with Crippen molar-refractivity contribution in [2.24, 2.45) is 11.7 Å². The Morgan fingerprint density at radius 3 is 2.94 bits per heavy atom. The van der Waals surface area contributed by atoms with Crippen LogP contribution in [-0.2, 0) is 4.79 Å². The maximum absolute atomic E-state index is 11.9. The van der Waals surface area contributed by atoms with Gasteiger partial charge in [-0.2, -0.15) is 0 Å². The lowest BCUT2D eigenvalue weighted by atomic mass is 9.86. The topological polar surface area (TPSA) is 80.9 Å². The second kappa shape index (κ2) is 4.88. The SMILES string of the molecule is Cc1nnc(NC(=O)C2CCCC(N)C2)s1. The van der Waals surface area contributed by atoms with Crippen molar-refractivity contribution in [3.05, 3.63) is 5.01 Å². The van der Waals surface area contributed by atoms with Crippen LogP contribution in [0.15, 0.2) is 0 Å². The quantitative estimate of drug-likeness (QED) is 0.816. The number of hydrogen-bond acceptors (Lipinski definition) is 5. The minimum Gasteiger partial charge on any atom is -0.328 e. The Hall–Kier alpha value is -1.01. The van der Waals surface area contributed by atoms with E-state index in [1.54, 1.807) is 0 Å². The number of carbonyl (C=O) groups excluding carboxylic acids is 1. The second-order valence-electron chi connectivity index (χ2n) is 4.24. The number of nitrogens with two attached hydrogens (primary N) is 1. The number of aryl methyl sites for hydroxylation is 1. The van der Waals surface area contributed by atoms with Crippen molar-refractivity contribution in [1.82, 2.24) is 10.2 Å². The smallest absolute Gasteiger partial charge is 0.229 e. The molecule has 1 fully saturated rings. The summed E-state index contributed by atoms with van der Waals surface area (Å²) in [6.45, 7) is 1.86. The van der Waals surface area contributed by atoms with Gasteiger partial charge in [0.1, 0.15) is 5.01 Å². The van der Waals surface area contributed by atoms with E-state index in [-0.39, 0.29) is 17.9 Å². The van der Waals surface area contributed by atoms with Gasteiger partial charge in [0.25, 0.3) is 0 Å². The van der Waals surface area contributed by atoms with Crippen molar-refractivity contribution < 1.29 is 4.79 Å². The standard InChI is InChI=1S/C10H16N4OS/c1-6-13-14-10(16-6)12-9(15)7-3-2-4-8(11)5-7/h7-8H,2-5,11H2,1H3,(H,12,14,15). The highest BCUT2D eigenvalue weighted by Crippen LogP contribution is 2.25. The number of anilines is 1. The van der Waals surface area contributed by atoms with Crippen molar-refractivity contribution >= 4 is 22.4 Å². The van der Waals surface area contributed by atoms with Crippen LogP contribution < -0.4 is 11.1 Å². The molecule has 2 atom stereocenters. The van der Waals surface area contributed by atoms with E-state index in [1.807, 2.05) is 6.92 Å². The molecule has 0 spiro atoms. The number of carbonyl (C=O) groups is 1. The molecule has 1 amide bonds. The Labute approximate surface area is 98.4 Å². The van der Waals surface area contributed by atoms with Crippen LogP contribution in [-0.4, -0.2) is 22.1 Å². The van der Waals surface area contributed by atoms with Gasteiger partial charge >= 0.3 is 0 Å². The van der Waals surface area contributed by atoms with Crippen LogP contribution >= 0.6 is 11.3 Å². The van der Waals surface area contributed by atoms with E-state index in [2.05, 4.69) is 15.5 Å². The first kappa shape index (κ1) is 11.5. The highest BCUT2D eigenvalue weighted by atomic mass is 32.1. The first-order valence-electron chi connectivity index (χ1n) is 5.51. The van der Waals surface area contributed by atoms with Crippen LogP contribution in [0.1, 0.15) is 30.7 Å². The van der Waals surface area contributed by atoms with Crippen molar-refractivity contribution in [2.45, 2.75) is 38.6 Å². The van der Waals surface area contributed by atoms with E-state index >= 15 is 0 Å². The fourth-order valence-corrected chi connectivity index (χ4v) is 2.61. The molecular weight excluding hydrogens is 224 g/mol. The lowest BCUT2D eigenvalue weighted by Gasteiger charge is -2.25. The monoisotopic (exact) mass is 240 g/mol. The summed E-state index contributed by atoms with van der Waals surface area (Å²) in [6.07, 6.45) is 3.77. The Balaban J connectivity index is 1.92. The van der Waals surface area contributed by atoms with Crippen LogP contribution in [0, 0.1) is 12.8 Å². The van der Waals surface area contributed by atoms with Gasteiger partial charge in [-0.3, -0.25) is 4.79 Å². The normalized spacial score (nSPS) is 25.4. The van der Waals surface area contributed by atoms with E-state index in [0.717, 1.165) is 30.7 Å². The molecule has 6 heteroatoms. The molecule has 0 bridgehead atoms. The first-order chi connectivity index (χ1) is 7.65. The molecule has 0 aliphatic heterocycles. The van der Waals surface area contributed by atoms with Gasteiger partial charge in [-0.1, -0.05) is 17.8 Å². The molecule has 1 heterocycles. The number of amides is 1. The first-order valence-corrected chi connectivity index (χ1v) is 6.33. The van der Waals surface area contributed by atoms with Crippen LogP contribution in [0.25, 0.3) is 0 Å². The van der Waals surface area contributed by atoms with Crippen molar-refractivity contribution in [1.29, 1.82) is 0 Å². The third kappa shape index (κ3) is 2.76. The maximum Gasteiger partial charge on any atom is 0.229 e. The number of nitrogens with zero attached hydrogens (tertiary/aromatic N) is 2. The van der Waals surface area contributed by atoms with Gasteiger partial charge in [0.15, 0.2) is 0 Å². The zero-order valence-corrected chi connectivity index (χ0v) is 10.1. The van der Waals surface area contributed by atoms with Gasteiger partial charge in [-0.25, -0.2) is 0 Å². The van der Waals surface area contributed by atoms with E-state index in [1.165, 1.54) is 11.3 Å². The van der Waals surface area contributed by atoms with Gasteiger partial charge in [-0.15, -0.1) is 10.2 Å². The van der Waals surface area contributed by atoms with Crippen LogP contribution in [0.2, 0.25) is 0 Å². The number of hydrogen-bond donors (Lipinski definition) is 2. The van der Waals surface area contributed by atoms with Crippen LogP contribution in [0.3, 0.4) is 0 Å². The molecule has 0 saturated heterocycles. The Kier molecular flexibility index (Phi) is 3.50. The average molecular weight is 240 g/mol. The van der Waals surface area contributed by atoms with E-state index < -0.39 is 0 Å². The summed E-state index contributed by atoms with van der Waals surface area (Å²) in [5.74, 6) is 0.0688. The van der Waals surface area contributed by atoms with Crippen LogP contribution in [0.5, 0.6) is 0 Å². The minimum atomic E-state index is 0.0336. The molecule has 88 valence electrons. The summed E-state index contributed by atoms with van der Waals surface area (Å²) in [7, 11) is 0. The molecule has 2 unspecified atom stereocenters. The molecule has 1 aliphatic rings. The summed E-state index contributed by atoms with van der Waals surface area (Å²) in [4.78, 5) is 11.9. The maximum atomic E-state index is 11.9. The minimum absolute atomic E-state index is 0.0336. The van der Waals surface area contributed by atoms with Gasteiger partial charge in [0.2, 0.25) is 11.0 Å². The van der Waals surface area contributed by atoms with E-state index in [0.29, 0.717) is 5.13 Å².